The number of nitrogens with zero attached hydrogens (tertiary/aromatic N) is 3. The molecule has 5 nitrogen and oxygen atoms in total. The summed E-state index contributed by atoms with van der Waals surface area (Å²) in [7, 11) is 0. The van der Waals surface area contributed by atoms with E-state index in [9.17, 15) is 14.0 Å². The van der Waals surface area contributed by atoms with Crippen molar-refractivity contribution in [3.63, 3.8) is 0 Å². The van der Waals surface area contributed by atoms with Crippen LogP contribution in [0.4, 0.5) is 10.1 Å². The molecule has 1 aromatic carbocycles. The predicted molar refractivity (Wildman–Crippen MR) is 84.9 cm³/mol. The first-order valence-corrected chi connectivity index (χ1v) is 7.64. The van der Waals surface area contributed by atoms with E-state index >= 15 is 0 Å². The SMILES string of the molecule is CC1CCc2cc(F)ccc2N1C(=O)C(C)n1ncccc1=O. The summed E-state index contributed by atoms with van der Waals surface area (Å²) >= 11 is 0. The van der Waals surface area contributed by atoms with Crippen molar-refractivity contribution in [2.75, 3.05) is 4.90 Å². The Balaban J connectivity index is 1.99. The molecule has 1 amide bonds. The van der Waals surface area contributed by atoms with Gasteiger partial charge < -0.3 is 4.90 Å². The van der Waals surface area contributed by atoms with E-state index in [2.05, 4.69) is 5.10 Å². The first-order chi connectivity index (χ1) is 11.0. The van der Waals surface area contributed by atoms with Crippen molar-refractivity contribution in [2.45, 2.75) is 38.8 Å². The summed E-state index contributed by atoms with van der Waals surface area (Å²) in [5.41, 5.74) is 1.21. The van der Waals surface area contributed by atoms with Crippen LogP contribution < -0.4 is 10.5 Å². The number of anilines is 1. The van der Waals surface area contributed by atoms with Crippen LogP contribution in [-0.2, 0) is 11.2 Å². The zero-order chi connectivity index (χ0) is 16.6. The van der Waals surface area contributed by atoms with E-state index in [1.807, 2.05) is 6.92 Å². The molecule has 0 N–H and O–H groups in total. The first kappa shape index (κ1) is 15.4. The van der Waals surface area contributed by atoms with Gasteiger partial charge in [-0.25, -0.2) is 9.07 Å². The summed E-state index contributed by atoms with van der Waals surface area (Å²) < 4.78 is 14.6. The van der Waals surface area contributed by atoms with Crippen LogP contribution in [0.1, 0.15) is 31.9 Å². The average Bonchev–Trinajstić information content (AvgIpc) is 2.54. The molecule has 1 aliphatic heterocycles. The van der Waals surface area contributed by atoms with Gasteiger partial charge in [0.2, 0.25) is 0 Å². The number of aromatic nitrogens is 2. The Hall–Kier alpha value is -2.50. The quantitative estimate of drug-likeness (QED) is 0.854. The summed E-state index contributed by atoms with van der Waals surface area (Å²) in [6.45, 7) is 3.61. The van der Waals surface area contributed by atoms with E-state index in [4.69, 9.17) is 0 Å². The smallest absolute Gasteiger partial charge is 0.267 e. The summed E-state index contributed by atoms with van der Waals surface area (Å²) in [6, 6.07) is 6.64. The fourth-order valence-corrected chi connectivity index (χ4v) is 3.02. The molecule has 2 heterocycles. The van der Waals surface area contributed by atoms with E-state index in [1.54, 1.807) is 17.9 Å². The minimum atomic E-state index is -0.720. The lowest BCUT2D eigenvalue weighted by Crippen LogP contribution is -2.46. The maximum absolute atomic E-state index is 13.4. The van der Waals surface area contributed by atoms with Crippen molar-refractivity contribution in [2.24, 2.45) is 0 Å². The van der Waals surface area contributed by atoms with Crippen molar-refractivity contribution in [1.29, 1.82) is 0 Å². The molecule has 2 aromatic rings. The predicted octanol–water partition coefficient (Wildman–Crippen LogP) is 2.31. The van der Waals surface area contributed by atoms with E-state index in [0.29, 0.717) is 5.69 Å². The lowest BCUT2D eigenvalue weighted by Gasteiger charge is -2.36. The minimum absolute atomic E-state index is 0.0117. The largest absolute Gasteiger partial charge is 0.308 e. The Morgan fingerprint density at radius 1 is 1.39 bits per heavy atom. The Labute approximate surface area is 133 Å². The molecule has 0 saturated carbocycles. The zero-order valence-corrected chi connectivity index (χ0v) is 13.1. The molecule has 2 atom stereocenters. The van der Waals surface area contributed by atoms with Gasteiger partial charge in [0.25, 0.3) is 11.5 Å². The Morgan fingerprint density at radius 3 is 2.91 bits per heavy atom. The highest BCUT2D eigenvalue weighted by molar-refractivity contribution is 5.97. The van der Waals surface area contributed by atoms with Crippen LogP contribution in [-0.4, -0.2) is 21.7 Å². The van der Waals surface area contributed by atoms with Gasteiger partial charge in [-0.05, 0) is 56.5 Å². The van der Waals surface area contributed by atoms with E-state index in [1.165, 1.54) is 35.1 Å². The fraction of sp³-hybridized carbons (Fsp3) is 0.353. The second-order valence-corrected chi connectivity index (χ2v) is 5.85. The van der Waals surface area contributed by atoms with Crippen molar-refractivity contribution < 1.29 is 9.18 Å². The lowest BCUT2D eigenvalue weighted by molar-refractivity contribution is -0.122. The topological polar surface area (TPSA) is 55.2 Å². The molecule has 0 fully saturated rings. The Kier molecular flexibility index (Phi) is 3.98. The number of benzene rings is 1. The monoisotopic (exact) mass is 315 g/mol. The molecule has 0 spiro atoms. The summed E-state index contributed by atoms with van der Waals surface area (Å²) in [5.74, 6) is -0.523. The van der Waals surface area contributed by atoms with Crippen molar-refractivity contribution in [3.8, 4) is 0 Å². The number of fused-ring (bicyclic) bond motifs is 1. The van der Waals surface area contributed by atoms with Gasteiger partial charge in [0.15, 0.2) is 0 Å². The number of amides is 1. The molecule has 3 rings (SSSR count). The molecule has 0 aliphatic carbocycles. The number of carbonyl (C=O) groups excluding carboxylic acids is 1. The van der Waals surface area contributed by atoms with Crippen LogP contribution in [0.5, 0.6) is 0 Å². The van der Waals surface area contributed by atoms with Crippen LogP contribution in [0.2, 0.25) is 0 Å². The molecule has 120 valence electrons. The number of hydrogen-bond donors (Lipinski definition) is 0. The fourth-order valence-electron chi connectivity index (χ4n) is 3.02. The average molecular weight is 315 g/mol. The molecular weight excluding hydrogens is 297 g/mol. The molecular formula is C17H18FN3O2. The second kappa shape index (κ2) is 5.95. The summed E-state index contributed by atoms with van der Waals surface area (Å²) in [4.78, 5) is 26.5. The summed E-state index contributed by atoms with van der Waals surface area (Å²) in [5, 5.41) is 3.99. The van der Waals surface area contributed by atoms with Gasteiger partial charge in [-0.1, -0.05) is 0 Å². The third kappa shape index (κ3) is 2.76. The molecule has 0 bridgehead atoms. The van der Waals surface area contributed by atoms with E-state index in [0.717, 1.165) is 18.4 Å². The molecule has 6 heteroatoms. The standard InChI is InChI=1S/C17H18FN3O2/c1-11-5-6-13-10-14(18)7-8-15(13)20(11)17(23)12(2)21-16(22)4-3-9-19-21/h3-4,7-12H,5-6H2,1-2H3. The normalized spacial score (nSPS) is 18.4. The van der Waals surface area contributed by atoms with Crippen molar-refractivity contribution in [3.05, 3.63) is 58.3 Å². The number of rotatable bonds is 2. The van der Waals surface area contributed by atoms with Crippen LogP contribution in [0.25, 0.3) is 0 Å². The maximum atomic E-state index is 13.4. The Morgan fingerprint density at radius 2 is 2.17 bits per heavy atom. The van der Waals surface area contributed by atoms with Crippen molar-refractivity contribution >= 4 is 11.6 Å². The number of hydrogen-bond acceptors (Lipinski definition) is 3. The van der Waals surface area contributed by atoms with Gasteiger partial charge in [-0.2, -0.15) is 5.10 Å². The third-order valence-electron chi connectivity index (χ3n) is 4.28. The lowest BCUT2D eigenvalue weighted by atomic mass is 9.95. The van der Waals surface area contributed by atoms with Gasteiger partial charge in [-0.3, -0.25) is 9.59 Å². The number of carbonyl (C=O) groups is 1. The van der Waals surface area contributed by atoms with Gasteiger partial charge in [0, 0.05) is 24.0 Å². The molecule has 2 unspecified atom stereocenters. The molecule has 23 heavy (non-hydrogen) atoms. The highest BCUT2D eigenvalue weighted by Gasteiger charge is 2.32. The van der Waals surface area contributed by atoms with Crippen molar-refractivity contribution in [1.82, 2.24) is 9.78 Å². The van der Waals surface area contributed by atoms with Crippen LogP contribution in [0.3, 0.4) is 0 Å². The summed E-state index contributed by atoms with van der Waals surface area (Å²) in [6.07, 6.45) is 2.97. The third-order valence-corrected chi connectivity index (χ3v) is 4.28. The zero-order valence-electron chi connectivity index (χ0n) is 13.1. The van der Waals surface area contributed by atoms with E-state index < -0.39 is 6.04 Å². The maximum Gasteiger partial charge on any atom is 0.267 e. The van der Waals surface area contributed by atoms with Gasteiger partial charge in [0.1, 0.15) is 11.9 Å². The minimum Gasteiger partial charge on any atom is -0.308 e. The highest BCUT2D eigenvalue weighted by Crippen LogP contribution is 2.32. The van der Waals surface area contributed by atoms with Crippen LogP contribution in [0.15, 0.2) is 41.3 Å². The van der Waals surface area contributed by atoms with Gasteiger partial charge >= 0.3 is 0 Å². The number of halogens is 1. The molecule has 1 aromatic heterocycles. The first-order valence-electron chi connectivity index (χ1n) is 7.64. The molecule has 1 aliphatic rings. The number of aryl methyl sites for hydroxylation is 1. The van der Waals surface area contributed by atoms with Gasteiger partial charge in [0.05, 0.1) is 0 Å². The second-order valence-electron chi connectivity index (χ2n) is 5.85. The van der Waals surface area contributed by atoms with E-state index in [-0.39, 0.29) is 23.3 Å². The van der Waals surface area contributed by atoms with Crippen LogP contribution in [0, 0.1) is 5.82 Å². The molecule has 0 radical (unpaired) electrons. The van der Waals surface area contributed by atoms with Crippen LogP contribution >= 0.6 is 0 Å². The van der Waals surface area contributed by atoms with Gasteiger partial charge in [-0.15, -0.1) is 0 Å². The molecule has 0 saturated heterocycles. The highest BCUT2D eigenvalue weighted by atomic mass is 19.1. The Bertz CT molecular complexity index is 802.